The summed E-state index contributed by atoms with van der Waals surface area (Å²) in [6.07, 6.45) is 1.82. The third kappa shape index (κ3) is 4.07. The highest BCUT2D eigenvalue weighted by Gasteiger charge is 2.24. The molecule has 5 heteroatoms. The molecule has 18 heavy (non-hydrogen) atoms. The first-order valence-electron chi connectivity index (χ1n) is 5.61. The van der Waals surface area contributed by atoms with Gasteiger partial charge in [-0.25, -0.2) is 4.79 Å². The van der Waals surface area contributed by atoms with Crippen LogP contribution in [0.3, 0.4) is 0 Å². The summed E-state index contributed by atoms with van der Waals surface area (Å²) in [5.74, 6) is -0.841. The predicted molar refractivity (Wildman–Crippen MR) is 72.5 cm³/mol. The molecule has 0 heterocycles. The van der Waals surface area contributed by atoms with E-state index >= 15 is 0 Å². The summed E-state index contributed by atoms with van der Waals surface area (Å²) in [7, 11) is 0. The summed E-state index contributed by atoms with van der Waals surface area (Å²) in [6.45, 7) is 1.86. The molecule has 1 amide bonds. The van der Waals surface area contributed by atoms with E-state index in [1.165, 1.54) is 23.6 Å². The fourth-order valence-electron chi connectivity index (χ4n) is 1.56. The van der Waals surface area contributed by atoms with Gasteiger partial charge in [0.15, 0.2) is 0 Å². The van der Waals surface area contributed by atoms with Gasteiger partial charge in [-0.05, 0) is 18.7 Å². The smallest absolute Gasteiger partial charge is 0.326 e. The van der Waals surface area contributed by atoms with Crippen LogP contribution < -0.4 is 0 Å². The molecule has 0 saturated heterocycles. The molecule has 1 aromatic rings. The van der Waals surface area contributed by atoms with Gasteiger partial charge in [0.25, 0.3) is 0 Å². The molecule has 0 bridgehead atoms. The molecule has 0 aliphatic carbocycles. The zero-order chi connectivity index (χ0) is 13.5. The van der Waals surface area contributed by atoms with E-state index in [9.17, 15) is 9.59 Å². The molecule has 0 fully saturated rings. The van der Waals surface area contributed by atoms with Crippen LogP contribution in [0.2, 0.25) is 0 Å². The molecule has 0 aliphatic heterocycles. The molecule has 1 unspecified atom stereocenters. The number of carbonyl (C=O) groups is 2. The van der Waals surface area contributed by atoms with E-state index in [-0.39, 0.29) is 5.91 Å². The van der Waals surface area contributed by atoms with Crippen LogP contribution in [-0.4, -0.2) is 39.9 Å². The van der Waals surface area contributed by atoms with Gasteiger partial charge in [0.05, 0.1) is 5.75 Å². The van der Waals surface area contributed by atoms with Crippen molar-refractivity contribution in [2.45, 2.75) is 19.5 Å². The van der Waals surface area contributed by atoms with Crippen LogP contribution in [0, 0.1) is 0 Å². The number of hydrogen-bond acceptors (Lipinski definition) is 3. The zero-order valence-corrected chi connectivity index (χ0v) is 11.3. The quantitative estimate of drug-likeness (QED) is 0.854. The molecule has 1 atom stereocenters. The Balaban J connectivity index is 2.84. The van der Waals surface area contributed by atoms with Crippen LogP contribution in [0.4, 0.5) is 0 Å². The molecular weight excluding hydrogens is 250 g/mol. The number of amides is 1. The summed E-state index contributed by atoms with van der Waals surface area (Å²) in [5.41, 5.74) is 0.931. The normalized spacial score (nSPS) is 11.9. The highest BCUT2D eigenvalue weighted by Crippen LogP contribution is 2.11. The topological polar surface area (TPSA) is 57.6 Å². The minimum atomic E-state index is -0.986. The highest BCUT2D eigenvalue weighted by molar-refractivity contribution is 7.99. The molecule has 1 aromatic carbocycles. The Bertz CT molecular complexity index is 408. The predicted octanol–water partition coefficient (Wildman–Crippen LogP) is 1.85. The molecule has 4 nitrogen and oxygen atoms in total. The van der Waals surface area contributed by atoms with Crippen LogP contribution in [-0.2, 0) is 16.1 Å². The van der Waals surface area contributed by atoms with Crippen LogP contribution in [0.5, 0.6) is 0 Å². The second kappa shape index (κ2) is 7.06. The lowest BCUT2D eigenvalue weighted by atomic mass is 10.2. The van der Waals surface area contributed by atoms with Crippen molar-refractivity contribution in [1.29, 1.82) is 0 Å². The number of aliphatic carboxylic acids is 1. The maximum atomic E-state index is 11.9. The van der Waals surface area contributed by atoms with Crippen molar-refractivity contribution in [2.75, 3.05) is 12.0 Å². The van der Waals surface area contributed by atoms with Crippen molar-refractivity contribution < 1.29 is 14.7 Å². The SMILES string of the molecule is CSCC(=O)N(Cc1ccccc1)C(C)C(=O)O. The van der Waals surface area contributed by atoms with E-state index < -0.39 is 12.0 Å². The number of carbonyl (C=O) groups excluding carboxylic acids is 1. The van der Waals surface area contributed by atoms with E-state index in [1.54, 1.807) is 0 Å². The van der Waals surface area contributed by atoms with Gasteiger partial charge >= 0.3 is 5.97 Å². The summed E-state index contributed by atoms with van der Waals surface area (Å²) >= 11 is 1.39. The zero-order valence-electron chi connectivity index (χ0n) is 10.5. The first kappa shape index (κ1) is 14.6. The Morgan fingerprint density at radius 3 is 2.44 bits per heavy atom. The van der Waals surface area contributed by atoms with Crippen LogP contribution in [0.15, 0.2) is 30.3 Å². The van der Waals surface area contributed by atoms with Crippen LogP contribution in [0.25, 0.3) is 0 Å². The van der Waals surface area contributed by atoms with Gasteiger partial charge in [-0.2, -0.15) is 11.8 Å². The van der Waals surface area contributed by atoms with E-state index in [0.29, 0.717) is 12.3 Å². The molecule has 0 saturated carbocycles. The van der Waals surface area contributed by atoms with Crippen molar-refractivity contribution in [3.8, 4) is 0 Å². The maximum Gasteiger partial charge on any atom is 0.326 e. The number of nitrogens with zero attached hydrogens (tertiary/aromatic N) is 1. The van der Waals surface area contributed by atoms with E-state index in [0.717, 1.165) is 5.56 Å². The number of carboxylic acids is 1. The lowest BCUT2D eigenvalue weighted by molar-refractivity contribution is -0.148. The first-order valence-corrected chi connectivity index (χ1v) is 7.00. The highest BCUT2D eigenvalue weighted by atomic mass is 32.2. The molecular formula is C13H17NO3S. The Morgan fingerprint density at radius 1 is 1.33 bits per heavy atom. The van der Waals surface area contributed by atoms with E-state index in [2.05, 4.69) is 0 Å². The van der Waals surface area contributed by atoms with Gasteiger partial charge in [-0.3, -0.25) is 4.79 Å². The van der Waals surface area contributed by atoms with Crippen LogP contribution >= 0.6 is 11.8 Å². The van der Waals surface area contributed by atoms with Gasteiger partial charge in [-0.15, -0.1) is 0 Å². The summed E-state index contributed by atoms with van der Waals surface area (Å²) in [4.78, 5) is 24.4. The van der Waals surface area contributed by atoms with Gasteiger partial charge < -0.3 is 10.0 Å². The minimum Gasteiger partial charge on any atom is -0.480 e. The number of thioether (sulfide) groups is 1. The van der Waals surface area contributed by atoms with Gasteiger partial charge in [0.2, 0.25) is 5.91 Å². The van der Waals surface area contributed by atoms with Crippen molar-refractivity contribution in [3.63, 3.8) is 0 Å². The second-order valence-electron chi connectivity index (χ2n) is 3.95. The standard InChI is InChI=1S/C13H17NO3S/c1-10(13(16)17)14(12(15)9-18-2)8-11-6-4-3-5-7-11/h3-7,10H,8-9H2,1-2H3,(H,16,17). The van der Waals surface area contributed by atoms with Crippen molar-refractivity contribution in [3.05, 3.63) is 35.9 Å². The van der Waals surface area contributed by atoms with Gasteiger partial charge in [0.1, 0.15) is 6.04 Å². The fourth-order valence-corrected chi connectivity index (χ4v) is 1.97. The Hall–Kier alpha value is -1.49. The van der Waals surface area contributed by atoms with E-state index in [1.807, 2.05) is 36.6 Å². The maximum absolute atomic E-state index is 11.9. The van der Waals surface area contributed by atoms with Crippen molar-refractivity contribution >= 4 is 23.6 Å². The number of hydrogen-bond donors (Lipinski definition) is 1. The van der Waals surface area contributed by atoms with Gasteiger partial charge in [0, 0.05) is 6.54 Å². The van der Waals surface area contributed by atoms with Crippen LogP contribution in [0.1, 0.15) is 12.5 Å². The minimum absolute atomic E-state index is 0.152. The number of rotatable bonds is 6. The molecule has 0 aromatic heterocycles. The lowest BCUT2D eigenvalue weighted by Crippen LogP contribution is -2.43. The third-order valence-corrected chi connectivity index (χ3v) is 3.14. The Labute approximate surface area is 111 Å². The average molecular weight is 267 g/mol. The summed E-state index contributed by atoms with van der Waals surface area (Å²) < 4.78 is 0. The summed E-state index contributed by atoms with van der Waals surface area (Å²) in [6, 6.07) is 8.58. The van der Waals surface area contributed by atoms with E-state index in [4.69, 9.17) is 5.11 Å². The third-order valence-electron chi connectivity index (χ3n) is 2.61. The second-order valence-corrected chi connectivity index (χ2v) is 4.82. The molecule has 1 rings (SSSR count). The molecule has 0 spiro atoms. The number of carboxylic acid groups (broad SMARTS) is 1. The van der Waals surface area contributed by atoms with Crippen molar-refractivity contribution in [2.24, 2.45) is 0 Å². The molecule has 0 radical (unpaired) electrons. The lowest BCUT2D eigenvalue weighted by Gasteiger charge is -2.26. The van der Waals surface area contributed by atoms with Crippen molar-refractivity contribution in [1.82, 2.24) is 4.90 Å². The number of benzene rings is 1. The molecule has 0 aliphatic rings. The van der Waals surface area contributed by atoms with Gasteiger partial charge in [-0.1, -0.05) is 30.3 Å². The average Bonchev–Trinajstić information content (AvgIpc) is 2.36. The monoisotopic (exact) mass is 267 g/mol. The fraction of sp³-hybridized carbons (Fsp3) is 0.385. The molecule has 98 valence electrons. The Morgan fingerprint density at radius 2 is 1.94 bits per heavy atom. The molecule has 1 N–H and O–H groups in total. The largest absolute Gasteiger partial charge is 0.480 e. The Kier molecular flexibility index (Phi) is 5.71. The summed E-state index contributed by atoms with van der Waals surface area (Å²) in [5, 5.41) is 9.05. The first-order chi connectivity index (χ1) is 8.56.